The maximum Gasteiger partial charge on any atom is 0.307 e. The average Bonchev–Trinajstić information content (AvgIpc) is 3.41. The fourth-order valence-corrected chi connectivity index (χ4v) is 6.33. The van der Waals surface area contributed by atoms with E-state index in [1.54, 1.807) is 4.52 Å². The number of hydrogen-bond donors (Lipinski definition) is 1. The zero-order chi connectivity index (χ0) is 28.8. The average molecular weight is 577 g/mol. The second-order valence-electron chi connectivity index (χ2n) is 10.8. The van der Waals surface area contributed by atoms with Crippen LogP contribution >= 0.6 is 11.6 Å². The lowest BCUT2D eigenvalue weighted by molar-refractivity contribution is -0.136. The van der Waals surface area contributed by atoms with E-state index >= 15 is 0 Å². The van der Waals surface area contributed by atoms with Crippen molar-refractivity contribution in [2.45, 2.75) is 26.2 Å². The van der Waals surface area contributed by atoms with E-state index in [0.717, 1.165) is 40.9 Å². The number of aryl methyl sites for hydroxylation is 2. The summed E-state index contributed by atoms with van der Waals surface area (Å²) in [4.78, 5) is 19.0. The van der Waals surface area contributed by atoms with E-state index in [2.05, 4.69) is 53.5 Å². The molecule has 5 aromatic rings. The van der Waals surface area contributed by atoms with Gasteiger partial charge < -0.3 is 14.7 Å². The third-order valence-electron chi connectivity index (χ3n) is 8.02. The third kappa shape index (κ3) is 4.69. The SMILES string of the molecule is Cc1nc2cc3nn2c(c1CC(=O)O)-c1ccc2c(c1Cl)N(C/C=C/CCc1cccc(c1)-c1cccc-3c1)CCO2. The predicted octanol–water partition coefficient (Wildman–Crippen LogP) is 7.02. The minimum Gasteiger partial charge on any atom is -0.490 e. The molecule has 0 saturated carbocycles. The van der Waals surface area contributed by atoms with Crippen molar-refractivity contribution in [2.24, 2.45) is 0 Å². The summed E-state index contributed by atoms with van der Waals surface area (Å²) in [6.45, 7) is 3.78. The first-order chi connectivity index (χ1) is 20.5. The number of carbonyl (C=O) groups is 1. The van der Waals surface area contributed by atoms with Crippen LogP contribution in [0.5, 0.6) is 5.75 Å². The topological polar surface area (TPSA) is 80.0 Å². The fourth-order valence-electron chi connectivity index (χ4n) is 5.97. The Balaban J connectivity index is 1.50. The quantitative estimate of drug-likeness (QED) is 0.227. The molecule has 0 amide bonds. The number of fused-ring (bicyclic) bond motifs is 9. The molecule has 2 aromatic heterocycles. The molecular weight excluding hydrogens is 548 g/mol. The van der Waals surface area contributed by atoms with Gasteiger partial charge in [0.05, 0.1) is 35.1 Å². The first-order valence-electron chi connectivity index (χ1n) is 14.1. The summed E-state index contributed by atoms with van der Waals surface area (Å²) in [6.07, 6.45) is 6.07. The van der Waals surface area contributed by atoms with E-state index in [4.69, 9.17) is 26.4 Å². The van der Waals surface area contributed by atoms with Crippen molar-refractivity contribution < 1.29 is 14.6 Å². The van der Waals surface area contributed by atoms with Crippen molar-refractivity contribution in [1.82, 2.24) is 14.6 Å². The molecule has 0 spiro atoms. The molecule has 0 unspecified atom stereocenters. The first kappa shape index (κ1) is 26.3. The van der Waals surface area contributed by atoms with Gasteiger partial charge in [-0.3, -0.25) is 4.79 Å². The van der Waals surface area contributed by atoms with Gasteiger partial charge in [0.1, 0.15) is 12.4 Å². The summed E-state index contributed by atoms with van der Waals surface area (Å²) in [5.41, 5.74) is 9.19. The van der Waals surface area contributed by atoms with Crippen LogP contribution in [0.2, 0.25) is 5.02 Å². The van der Waals surface area contributed by atoms with Crippen LogP contribution in [0, 0.1) is 6.92 Å². The molecule has 0 aliphatic carbocycles. The van der Waals surface area contributed by atoms with Crippen molar-refractivity contribution in [1.29, 1.82) is 0 Å². The molecule has 1 N–H and O–H groups in total. The molecule has 7 nitrogen and oxygen atoms in total. The van der Waals surface area contributed by atoms with Crippen LogP contribution in [0.15, 0.2) is 78.9 Å². The number of carboxylic acid groups (broad SMARTS) is 1. The van der Waals surface area contributed by atoms with Gasteiger partial charge in [-0.1, -0.05) is 66.2 Å². The van der Waals surface area contributed by atoms with E-state index < -0.39 is 5.97 Å². The van der Waals surface area contributed by atoms with Crippen molar-refractivity contribution in [2.75, 3.05) is 24.6 Å². The molecule has 0 atom stereocenters. The number of hydrogen-bond acceptors (Lipinski definition) is 5. The maximum atomic E-state index is 12.0. The number of ether oxygens (including phenoxy) is 1. The minimum absolute atomic E-state index is 0.207. The second kappa shape index (κ2) is 10.7. The smallest absolute Gasteiger partial charge is 0.307 e. The highest BCUT2D eigenvalue weighted by Crippen LogP contribution is 2.45. The molecule has 0 saturated heterocycles. The zero-order valence-corrected chi connectivity index (χ0v) is 23.9. The number of aliphatic carboxylic acids is 1. The minimum atomic E-state index is -0.947. The molecule has 42 heavy (non-hydrogen) atoms. The number of allylic oxidation sites excluding steroid dienone is 1. The van der Waals surface area contributed by atoms with Crippen LogP contribution < -0.4 is 9.64 Å². The Bertz CT molecular complexity index is 1890. The van der Waals surface area contributed by atoms with Crippen molar-refractivity contribution in [3.05, 3.63) is 101 Å². The van der Waals surface area contributed by atoms with Gasteiger partial charge in [0.15, 0.2) is 5.65 Å². The Hall–Kier alpha value is -4.62. The van der Waals surface area contributed by atoms with Gasteiger partial charge in [0, 0.05) is 35.0 Å². The van der Waals surface area contributed by atoms with Gasteiger partial charge in [-0.15, -0.1) is 0 Å². The normalized spacial score (nSPS) is 15.0. The first-order valence-corrected chi connectivity index (χ1v) is 14.5. The van der Waals surface area contributed by atoms with Crippen LogP contribution in [0.1, 0.15) is 23.2 Å². The predicted molar refractivity (Wildman–Crippen MR) is 166 cm³/mol. The number of halogens is 1. The lowest BCUT2D eigenvalue weighted by Gasteiger charge is -2.32. The number of nitrogens with zero attached hydrogens (tertiary/aromatic N) is 4. The molecule has 4 heterocycles. The van der Waals surface area contributed by atoms with Gasteiger partial charge in [0.2, 0.25) is 0 Å². The highest BCUT2D eigenvalue weighted by atomic mass is 35.5. The van der Waals surface area contributed by atoms with E-state index in [-0.39, 0.29) is 6.42 Å². The summed E-state index contributed by atoms with van der Waals surface area (Å²) in [5.74, 6) is -0.233. The molecule has 0 radical (unpaired) electrons. The largest absolute Gasteiger partial charge is 0.490 e. The van der Waals surface area contributed by atoms with Crippen LogP contribution in [0.4, 0.5) is 5.69 Å². The Morgan fingerprint density at radius 3 is 2.69 bits per heavy atom. The van der Waals surface area contributed by atoms with E-state index in [1.807, 2.05) is 37.3 Å². The molecule has 2 aliphatic heterocycles. The second-order valence-corrected chi connectivity index (χ2v) is 11.1. The monoisotopic (exact) mass is 576 g/mol. The summed E-state index contributed by atoms with van der Waals surface area (Å²) in [7, 11) is 0. The van der Waals surface area contributed by atoms with Gasteiger partial charge in [0.25, 0.3) is 0 Å². The highest BCUT2D eigenvalue weighted by Gasteiger charge is 2.27. The molecular formula is C34H29ClN4O3. The summed E-state index contributed by atoms with van der Waals surface area (Å²) < 4.78 is 7.74. The summed E-state index contributed by atoms with van der Waals surface area (Å²) in [6, 6.07) is 22.8. The number of rotatable bonds is 2. The van der Waals surface area contributed by atoms with Gasteiger partial charge in [-0.25, -0.2) is 9.50 Å². The molecule has 210 valence electrons. The van der Waals surface area contributed by atoms with E-state index in [1.165, 1.54) is 5.56 Å². The maximum absolute atomic E-state index is 12.0. The number of aromatic nitrogens is 3. The van der Waals surface area contributed by atoms with Gasteiger partial charge in [-0.2, -0.15) is 5.10 Å². The molecule has 7 rings (SSSR count). The van der Waals surface area contributed by atoms with E-state index in [0.29, 0.717) is 58.6 Å². The molecule has 8 heteroatoms. The molecule has 3 aromatic carbocycles. The van der Waals surface area contributed by atoms with Crippen LogP contribution in [0.25, 0.3) is 39.3 Å². The zero-order valence-electron chi connectivity index (χ0n) is 23.2. The number of carboxylic acids is 1. The summed E-state index contributed by atoms with van der Waals surface area (Å²) in [5, 5.41) is 15.4. The number of benzene rings is 3. The van der Waals surface area contributed by atoms with Gasteiger partial charge >= 0.3 is 5.97 Å². The van der Waals surface area contributed by atoms with Gasteiger partial charge in [-0.05, 0) is 54.7 Å². The Kier molecular flexibility index (Phi) is 6.67. The van der Waals surface area contributed by atoms with E-state index in [9.17, 15) is 9.90 Å². The Morgan fingerprint density at radius 1 is 1.02 bits per heavy atom. The molecule has 0 fully saturated rings. The fraction of sp³-hybridized carbons (Fsp3) is 0.206. The lowest BCUT2D eigenvalue weighted by atomic mass is 9.98. The van der Waals surface area contributed by atoms with Crippen molar-refractivity contribution in [3.8, 4) is 39.4 Å². The molecule has 2 aliphatic rings. The Morgan fingerprint density at radius 2 is 1.83 bits per heavy atom. The summed E-state index contributed by atoms with van der Waals surface area (Å²) >= 11 is 7.22. The van der Waals surface area contributed by atoms with Crippen LogP contribution in [-0.4, -0.2) is 45.4 Å². The third-order valence-corrected chi connectivity index (χ3v) is 8.40. The number of anilines is 1. The highest BCUT2D eigenvalue weighted by molar-refractivity contribution is 6.36. The lowest BCUT2D eigenvalue weighted by Crippen LogP contribution is -2.33. The van der Waals surface area contributed by atoms with Crippen molar-refractivity contribution in [3.63, 3.8) is 0 Å². The Labute approximate surface area is 248 Å². The van der Waals surface area contributed by atoms with Crippen LogP contribution in [-0.2, 0) is 17.6 Å². The standard InChI is InChI=1S/C34H29ClN4O3/c1-21-27(19-31(40)41)33-26-12-13-29-34(32(26)35)38(15-16-42-29)14-4-2-3-7-22-8-5-9-23(17-22)24-10-6-11-25(18-24)28-20-30(36-21)39(33)37-28/h2,4-6,8-13,17-18,20H,3,7,14-16,19H2,1H3,(H,40,41)/b4-2+. The molecule has 8 bridgehead atoms. The van der Waals surface area contributed by atoms with Crippen molar-refractivity contribution >= 4 is 28.9 Å². The van der Waals surface area contributed by atoms with Crippen LogP contribution in [0.3, 0.4) is 0 Å².